The van der Waals surface area contributed by atoms with Crippen LogP contribution in [0.1, 0.15) is 31.7 Å². The quantitative estimate of drug-likeness (QED) is 0.853. The summed E-state index contributed by atoms with van der Waals surface area (Å²) in [5.74, 6) is -0.979. The molecule has 0 spiro atoms. The summed E-state index contributed by atoms with van der Waals surface area (Å²) in [5, 5.41) is 9.29. The molecule has 2 aliphatic rings. The number of oxime groups is 1. The highest BCUT2D eigenvalue weighted by atomic mass is 19.1. The van der Waals surface area contributed by atoms with Crippen molar-refractivity contribution in [2.75, 3.05) is 0 Å². The van der Waals surface area contributed by atoms with Crippen molar-refractivity contribution in [3.8, 4) is 0 Å². The number of nitrogens with one attached hydrogen (secondary N) is 2. The van der Waals surface area contributed by atoms with Crippen molar-refractivity contribution in [3.05, 3.63) is 35.6 Å². The van der Waals surface area contributed by atoms with Gasteiger partial charge in [-0.25, -0.2) is 4.39 Å². The first-order valence-electron chi connectivity index (χ1n) is 7.62. The third kappa shape index (κ3) is 3.85. The first kappa shape index (κ1) is 15.5. The molecular formula is C16H18FN3O3. The van der Waals surface area contributed by atoms with Gasteiger partial charge in [0.2, 0.25) is 12.0 Å². The molecule has 0 radical (unpaired) electrons. The molecule has 1 fully saturated rings. The Morgan fingerprint density at radius 3 is 2.87 bits per heavy atom. The molecule has 0 bridgehead atoms. The molecule has 1 saturated carbocycles. The van der Waals surface area contributed by atoms with Crippen molar-refractivity contribution in [1.29, 1.82) is 0 Å². The number of hydrogen-bond acceptors (Lipinski definition) is 4. The molecule has 0 aromatic heterocycles. The van der Waals surface area contributed by atoms with E-state index in [1.165, 1.54) is 12.1 Å². The van der Waals surface area contributed by atoms with Crippen molar-refractivity contribution >= 4 is 17.5 Å². The summed E-state index contributed by atoms with van der Waals surface area (Å²) in [6.45, 7) is 1.62. The maximum Gasteiger partial charge on any atom is 0.264 e. The average Bonchev–Trinajstić information content (AvgIpc) is 3.19. The Morgan fingerprint density at radius 1 is 1.39 bits per heavy atom. The molecule has 2 unspecified atom stereocenters. The second kappa shape index (κ2) is 6.36. The van der Waals surface area contributed by atoms with Gasteiger partial charge in [-0.15, -0.1) is 0 Å². The Bertz CT molecular complexity index is 658. The number of hydrogen-bond donors (Lipinski definition) is 2. The predicted octanol–water partition coefficient (Wildman–Crippen LogP) is 1.10. The van der Waals surface area contributed by atoms with Crippen molar-refractivity contribution in [2.24, 2.45) is 5.16 Å². The van der Waals surface area contributed by atoms with Gasteiger partial charge < -0.3 is 15.5 Å². The lowest BCUT2D eigenvalue weighted by Gasteiger charge is -2.15. The van der Waals surface area contributed by atoms with Crippen LogP contribution in [0.3, 0.4) is 0 Å². The number of nitrogens with zero attached hydrogens (tertiary/aromatic N) is 1. The molecule has 6 nitrogen and oxygen atoms in total. The Morgan fingerprint density at radius 2 is 2.17 bits per heavy atom. The SMILES string of the molecule is CC(NC(=O)C1CC(c2cccc(F)c2)=NO1)C(=O)NC1CC1. The van der Waals surface area contributed by atoms with Crippen LogP contribution in [-0.4, -0.2) is 35.7 Å². The summed E-state index contributed by atoms with van der Waals surface area (Å²) >= 11 is 0. The van der Waals surface area contributed by atoms with Gasteiger partial charge >= 0.3 is 0 Å². The summed E-state index contributed by atoms with van der Waals surface area (Å²) in [5.41, 5.74) is 1.10. The van der Waals surface area contributed by atoms with Gasteiger partial charge in [0, 0.05) is 18.0 Å². The van der Waals surface area contributed by atoms with Crippen LogP contribution in [0.4, 0.5) is 4.39 Å². The second-order valence-corrected chi connectivity index (χ2v) is 5.86. The van der Waals surface area contributed by atoms with Crippen molar-refractivity contribution < 1.29 is 18.8 Å². The molecule has 2 atom stereocenters. The van der Waals surface area contributed by atoms with Crippen LogP contribution in [0.5, 0.6) is 0 Å². The summed E-state index contributed by atoms with van der Waals surface area (Å²) < 4.78 is 13.2. The van der Waals surface area contributed by atoms with Crippen LogP contribution in [0, 0.1) is 5.82 Å². The van der Waals surface area contributed by atoms with Gasteiger partial charge in [0.1, 0.15) is 11.9 Å². The van der Waals surface area contributed by atoms with E-state index in [-0.39, 0.29) is 24.2 Å². The van der Waals surface area contributed by atoms with Gasteiger partial charge in [-0.05, 0) is 31.9 Å². The molecule has 1 aromatic carbocycles. The van der Waals surface area contributed by atoms with E-state index in [0.29, 0.717) is 11.3 Å². The molecule has 23 heavy (non-hydrogen) atoms. The van der Waals surface area contributed by atoms with Crippen LogP contribution in [-0.2, 0) is 14.4 Å². The second-order valence-electron chi connectivity index (χ2n) is 5.86. The minimum Gasteiger partial charge on any atom is -0.382 e. The summed E-state index contributed by atoms with van der Waals surface area (Å²) in [4.78, 5) is 29.1. The average molecular weight is 319 g/mol. The first-order chi connectivity index (χ1) is 11.0. The maximum absolute atomic E-state index is 13.2. The molecule has 1 aliphatic heterocycles. The maximum atomic E-state index is 13.2. The van der Waals surface area contributed by atoms with Crippen molar-refractivity contribution in [1.82, 2.24) is 10.6 Å². The Hall–Kier alpha value is -2.44. The van der Waals surface area contributed by atoms with Crippen molar-refractivity contribution in [2.45, 2.75) is 44.4 Å². The van der Waals surface area contributed by atoms with Crippen LogP contribution in [0.25, 0.3) is 0 Å². The third-order valence-corrected chi connectivity index (χ3v) is 3.79. The number of benzene rings is 1. The zero-order valence-electron chi connectivity index (χ0n) is 12.7. The zero-order chi connectivity index (χ0) is 16.4. The van der Waals surface area contributed by atoms with E-state index in [1.54, 1.807) is 19.1 Å². The molecule has 2 N–H and O–H groups in total. The van der Waals surface area contributed by atoms with Gasteiger partial charge in [-0.1, -0.05) is 17.3 Å². The van der Waals surface area contributed by atoms with E-state index >= 15 is 0 Å². The van der Waals surface area contributed by atoms with Gasteiger partial charge in [0.05, 0.1) is 5.71 Å². The summed E-state index contributed by atoms with van der Waals surface area (Å²) in [7, 11) is 0. The van der Waals surface area contributed by atoms with E-state index < -0.39 is 18.1 Å². The molecule has 1 aliphatic carbocycles. The smallest absolute Gasteiger partial charge is 0.264 e. The molecule has 3 rings (SSSR count). The van der Waals surface area contributed by atoms with Crippen LogP contribution in [0.2, 0.25) is 0 Å². The van der Waals surface area contributed by atoms with Crippen LogP contribution < -0.4 is 10.6 Å². The zero-order valence-corrected chi connectivity index (χ0v) is 12.7. The highest BCUT2D eigenvalue weighted by molar-refractivity contribution is 6.04. The fourth-order valence-electron chi connectivity index (χ4n) is 2.28. The summed E-state index contributed by atoms with van der Waals surface area (Å²) in [6, 6.07) is 5.57. The Labute approximate surface area is 133 Å². The number of carbonyl (C=O) groups is 2. The monoisotopic (exact) mass is 319 g/mol. The predicted molar refractivity (Wildman–Crippen MR) is 81.2 cm³/mol. The standard InChI is InChI=1S/C16H18FN3O3/c1-9(15(21)19-12-5-6-12)18-16(22)14-8-13(20-23-14)10-3-2-4-11(17)7-10/h2-4,7,9,12,14H,5-6,8H2,1H3,(H,18,22)(H,19,21). The fraction of sp³-hybridized carbons (Fsp3) is 0.438. The molecule has 1 aromatic rings. The molecule has 7 heteroatoms. The van der Waals surface area contributed by atoms with Crippen molar-refractivity contribution in [3.63, 3.8) is 0 Å². The molecular weight excluding hydrogens is 301 g/mol. The highest BCUT2D eigenvalue weighted by Crippen LogP contribution is 2.19. The third-order valence-electron chi connectivity index (χ3n) is 3.79. The van der Waals surface area contributed by atoms with E-state index in [1.807, 2.05) is 0 Å². The molecule has 0 saturated heterocycles. The first-order valence-corrected chi connectivity index (χ1v) is 7.62. The van der Waals surface area contributed by atoms with E-state index in [4.69, 9.17) is 4.84 Å². The molecule has 122 valence electrons. The Balaban J connectivity index is 1.52. The lowest BCUT2D eigenvalue weighted by molar-refractivity contribution is -0.135. The minimum atomic E-state index is -0.801. The highest BCUT2D eigenvalue weighted by Gasteiger charge is 2.32. The number of amides is 2. The normalized spacial score (nSPS) is 21.1. The lowest BCUT2D eigenvalue weighted by Crippen LogP contribution is -2.48. The van der Waals surface area contributed by atoms with Gasteiger partial charge in [0.15, 0.2) is 0 Å². The van der Waals surface area contributed by atoms with Gasteiger partial charge in [-0.3, -0.25) is 9.59 Å². The number of rotatable bonds is 5. The van der Waals surface area contributed by atoms with Gasteiger partial charge in [-0.2, -0.15) is 0 Å². The minimum absolute atomic E-state index is 0.204. The number of halogens is 1. The lowest BCUT2D eigenvalue weighted by atomic mass is 10.0. The van der Waals surface area contributed by atoms with E-state index in [0.717, 1.165) is 12.8 Å². The molecule has 1 heterocycles. The molecule has 2 amide bonds. The van der Waals surface area contributed by atoms with E-state index in [9.17, 15) is 14.0 Å². The van der Waals surface area contributed by atoms with E-state index in [2.05, 4.69) is 15.8 Å². The van der Waals surface area contributed by atoms with Gasteiger partial charge in [0.25, 0.3) is 5.91 Å². The fourth-order valence-corrected chi connectivity index (χ4v) is 2.28. The summed E-state index contributed by atoms with van der Waals surface area (Å²) in [6.07, 6.45) is 1.42. The Kier molecular flexibility index (Phi) is 4.27. The topological polar surface area (TPSA) is 79.8 Å². The largest absolute Gasteiger partial charge is 0.382 e. The van der Waals surface area contributed by atoms with Crippen LogP contribution >= 0.6 is 0 Å². The number of carbonyl (C=O) groups excluding carboxylic acids is 2. The van der Waals surface area contributed by atoms with Crippen LogP contribution in [0.15, 0.2) is 29.4 Å².